The first-order valence-corrected chi connectivity index (χ1v) is 7.01. The predicted molar refractivity (Wildman–Crippen MR) is 70.4 cm³/mol. The van der Waals surface area contributed by atoms with E-state index in [9.17, 15) is 0 Å². The average molecular weight is 228 g/mol. The largest absolute Gasteiger partial charge is 0.369 e. The molecule has 0 saturated heterocycles. The van der Waals surface area contributed by atoms with Gasteiger partial charge in [0.1, 0.15) is 0 Å². The van der Waals surface area contributed by atoms with Crippen LogP contribution in [0.5, 0.6) is 0 Å². The second-order valence-corrected chi connectivity index (χ2v) is 5.78. The topological polar surface area (TPSA) is 15.3 Å². The van der Waals surface area contributed by atoms with E-state index in [4.69, 9.17) is 0 Å². The fourth-order valence-electron chi connectivity index (χ4n) is 4.12. The van der Waals surface area contributed by atoms with Crippen molar-refractivity contribution < 1.29 is 0 Å². The minimum absolute atomic E-state index is 0.860. The molecule has 17 heavy (non-hydrogen) atoms. The Balaban J connectivity index is 1.88. The summed E-state index contributed by atoms with van der Waals surface area (Å²) in [5.74, 6) is 1.79. The Morgan fingerprint density at radius 1 is 1.24 bits per heavy atom. The quantitative estimate of drug-likeness (QED) is 0.734. The molecule has 0 bridgehead atoms. The SMILES string of the molecule is c1cc2c3c(c1)[C@@H]1CCCC1CN3CCNC2. The number of rotatable bonds is 0. The Labute approximate surface area is 103 Å². The van der Waals surface area contributed by atoms with Crippen molar-refractivity contribution in [3.63, 3.8) is 0 Å². The molecule has 2 nitrogen and oxygen atoms in total. The Morgan fingerprint density at radius 2 is 2.24 bits per heavy atom. The zero-order valence-corrected chi connectivity index (χ0v) is 10.3. The second-order valence-electron chi connectivity index (χ2n) is 5.78. The molecule has 1 saturated carbocycles. The van der Waals surface area contributed by atoms with Crippen LogP contribution in [0.4, 0.5) is 5.69 Å². The third-order valence-corrected chi connectivity index (χ3v) is 4.85. The van der Waals surface area contributed by atoms with Crippen LogP contribution in [0.15, 0.2) is 18.2 Å². The van der Waals surface area contributed by atoms with Crippen LogP contribution in [-0.2, 0) is 6.54 Å². The third-order valence-electron chi connectivity index (χ3n) is 4.85. The first-order chi connectivity index (χ1) is 8.43. The first-order valence-electron chi connectivity index (χ1n) is 7.01. The van der Waals surface area contributed by atoms with E-state index in [-0.39, 0.29) is 0 Å². The summed E-state index contributed by atoms with van der Waals surface area (Å²) in [6.45, 7) is 4.67. The van der Waals surface area contributed by atoms with E-state index in [1.54, 1.807) is 11.3 Å². The number of benzene rings is 1. The van der Waals surface area contributed by atoms with Gasteiger partial charge in [-0.3, -0.25) is 0 Å². The molecule has 2 heterocycles. The lowest BCUT2D eigenvalue weighted by molar-refractivity contribution is 0.454. The molecular weight excluding hydrogens is 208 g/mol. The molecule has 2 heteroatoms. The minimum atomic E-state index is 0.860. The van der Waals surface area contributed by atoms with Gasteiger partial charge in [-0.25, -0.2) is 0 Å². The lowest BCUT2D eigenvalue weighted by atomic mass is 9.82. The summed E-state index contributed by atoms with van der Waals surface area (Å²) in [7, 11) is 0. The second kappa shape index (κ2) is 3.74. The number of nitrogens with zero attached hydrogens (tertiary/aromatic N) is 1. The molecule has 0 amide bonds. The van der Waals surface area contributed by atoms with E-state index in [2.05, 4.69) is 28.4 Å². The summed E-state index contributed by atoms with van der Waals surface area (Å²) in [4.78, 5) is 2.65. The Bertz CT molecular complexity index is 441. The van der Waals surface area contributed by atoms with Crippen molar-refractivity contribution >= 4 is 5.69 Å². The Morgan fingerprint density at radius 3 is 3.24 bits per heavy atom. The van der Waals surface area contributed by atoms with Crippen LogP contribution in [0.3, 0.4) is 0 Å². The van der Waals surface area contributed by atoms with Crippen molar-refractivity contribution in [2.75, 3.05) is 24.5 Å². The first kappa shape index (κ1) is 9.95. The van der Waals surface area contributed by atoms with Gasteiger partial charge in [-0.2, -0.15) is 0 Å². The van der Waals surface area contributed by atoms with Gasteiger partial charge in [0.05, 0.1) is 0 Å². The van der Waals surface area contributed by atoms with E-state index in [1.165, 1.54) is 37.9 Å². The molecule has 0 aromatic heterocycles. The van der Waals surface area contributed by atoms with Crippen molar-refractivity contribution in [1.29, 1.82) is 0 Å². The van der Waals surface area contributed by atoms with Crippen LogP contribution in [0, 0.1) is 5.92 Å². The van der Waals surface area contributed by atoms with Gasteiger partial charge >= 0.3 is 0 Å². The van der Waals surface area contributed by atoms with Crippen LogP contribution in [-0.4, -0.2) is 19.6 Å². The summed E-state index contributed by atoms with van der Waals surface area (Å²) >= 11 is 0. The smallest absolute Gasteiger partial charge is 0.0447 e. The maximum atomic E-state index is 3.55. The van der Waals surface area contributed by atoms with Crippen molar-refractivity contribution in [1.82, 2.24) is 5.32 Å². The van der Waals surface area contributed by atoms with Crippen molar-refractivity contribution in [2.45, 2.75) is 31.7 Å². The molecule has 0 radical (unpaired) electrons. The highest BCUT2D eigenvalue weighted by Crippen LogP contribution is 2.48. The molecule has 90 valence electrons. The highest BCUT2D eigenvalue weighted by molar-refractivity contribution is 5.64. The summed E-state index contributed by atoms with van der Waals surface area (Å²) in [6, 6.07) is 6.96. The number of para-hydroxylation sites is 1. The number of fused-ring (bicyclic) bond motifs is 2. The molecule has 1 fully saturated rings. The molecule has 0 spiro atoms. The molecule has 1 aromatic rings. The van der Waals surface area contributed by atoms with Crippen LogP contribution in [0.1, 0.15) is 36.3 Å². The van der Waals surface area contributed by atoms with Gasteiger partial charge in [0, 0.05) is 31.9 Å². The number of nitrogens with one attached hydrogen (secondary N) is 1. The van der Waals surface area contributed by atoms with Gasteiger partial charge in [0.15, 0.2) is 0 Å². The van der Waals surface area contributed by atoms with Crippen molar-refractivity contribution in [3.05, 3.63) is 29.3 Å². The van der Waals surface area contributed by atoms with E-state index in [1.807, 2.05) is 0 Å². The Kier molecular flexibility index (Phi) is 2.19. The van der Waals surface area contributed by atoms with Gasteiger partial charge in [0.2, 0.25) is 0 Å². The maximum absolute atomic E-state index is 3.55. The highest BCUT2D eigenvalue weighted by atomic mass is 15.2. The lowest BCUT2D eigenvalue weighted by Crippen LogP contribution is -2.38. The average Bonchev–Trinajstić information content (AvgIpc) is 2.73. The molecule has 1 aromatic carbocycles. The normalized spacial score (nSPS) is 30.7. The van der Waals surface area contributed by atoms with Gasteiger partial charge in [-0.15, -0.1) is 0 Å². The van der Waals surface area contributed by atoms with E-state index >= 15 is 0 Å². The standard InChI is InChI=1S/C15H20N2/c1-3-11-9-16-7-8-17-10-12-4-2-5-13(12)14(6-1)15(11)17/h1,3,6,12-13,16H,2,4-5,7-10H2/t12?,13-/m1/s1. The molecule has 4 rings (SSSR count). The molecule has 1 N–H and O–H groups in total. The van der Waals surface area contributed by atoms with Crippen molar-refractivity contribution in [3.8, 4) is 0 Å². The van der Waals surface area contributed by atoms with Gasteiger partial charge in [-0.1, -0.05) is 24.6 Å². The fraction of sp³-hybridized carbons (Fsp3) is 0.600. The van der Waals surface area contributed by atoms with E-state index in [0.717, 1.165) is 24.9 Å². The zero-order valence-electron chi connectivity index (χ0n) is 10.3. The number of hydrogen-bond donors (Lipinski definition) is 1. The highest BCUT2D eigenvalue weighted by Gasteiger charge is 2.37. The van der Waals surface area contributed by atoms with Crippen LogP contribution >= 0.6 is 0 Å². The Hall–Kier alpha value is -1.02. The molecule has 2 atom stereocenters. The minimum Gasteiger partial charge on any atom is -0.369 e. The summed E-state index contributed by atoms with van der Waals surface area (Å²) in [6.07, 6.45) is 4.30. The molecule has 2 aliphatic heterocycles. The van der Waals surface area contributed by atoms with Crippen LogP contribution in [0.25, 0.3) is 0 Å². The monoisotopic (exact) mass is 228 g/mol. The van der Waals surface area contributed by atoms with Crippen LogP contribution < -0.4 is 10.2 Å². The lowest BCUT2D eigenvalue weighted by Gasteiger charge is -2.38. The summed E-state index contributed by atoms with van der Waals surface area (Å²) in [5.41, 5.74) is 4.76. The van der Waals surface area contributed by atoms with Crippen LogP contribution in [0.2, 0.25) is 0 Å². The fourth-order valence-corrected chi connectivity index (χ4v) is 4.12. The van der Waals surface area contributed by atoms with Crippen molar-refractivity contribution in [2.24, 2.45) is 5.92 Å². The molecular formula is C15H20N2. The van der Waals surface area contributed by atoms with Gasteiger partial charge in [-0.05, 0) is 35.8 Å². The van der Waals surface area contributed by atoms with E-state index in [0.29, 0.717) is 0 Å². The molecule has 3 aliphatic rings. The number of hydrogen-bond acceptors (Lipinski definition) is 2. The van der Waals surface area contributed by atoms with E-state index < -0.39 is 0 Å². The number of anilines is 1. The third kappa shape index (κ3) is 1.43. The van der Waals surface area contributed by atoms with Gasteiger partial charge < -0.3 is 10.2 Å². The zero-order chi connectivity index (χ0) is 11.2. The molecule has 1 unspecified atom stereocenters. The molecule has 1 aliphatic carbocycles. The maximum Gasteiger partial charge on any atom is 0.0447 e. The van der Waals surface area contributed by atoms with Gasteiger partial charge in [0.25, 0.3) is 0 Å². The summed E-state index contributed by atoms with van der Waals surface area (Å²) in [5, 5.41) is 3.55. The predicted octanol–water partition coefficient (Wildman–Crippen LogP) is 2.49. The summed E-state index contributed by atoms with van der Waals surface area (Å²) < 4.78 is 0.